The van der Waals surface area contributed by atoms with E-state index in [4.69, 9.17) is 9.47 Å². The van der Waals surface area contributed by atoms with Crippen LogP contribution in [0.25, 0.3) is 0 Å². The summed E-state index contributed by atoms with van der Waals surface area (Å²) >= 11 is 0. The Morgan fingerprint density at radius 3 is 2.88 bits per heavy atom. The maximum Gasteiger partial charge on any atom is 0.306 e. The van der Waals surface area contributed by atoms with E-state index in [1.165, 1.54) is 7.11 Å². The van der Waals surface area contributed by atoms with E-state index in [-0.39, 0.29) is 5.97 Å². The summed E-state index contributed by atoms with van der Waals surface area (Å²) in [5, 5.41) is 0. The third-order valence-corrected chi connectivity index (χ3v) is 2.48. The summed E-state index contributed by atoms with van der Waals surface area (Å²) in [6.07, 6.45) is 5.69. The van der Waals surface area contributed by atoms with Crippen LogP contribution in [0.2, 0.25) is 0 Å². The van der Waals surface area contributed by atoms with Gasteiger partial charge in [-0.25, -0.2) is 4.79 Å². The van der Waals surface area contributed by atoms with Crippen molar-refractivity contribution in [3.63, 3.8) is 0 Å². The standard InChI is InChI=1S/C13H16O4/c1-3-17-12(15)8-7-10-5-4-6-11(9-14)13(10)16-2/h4-6,13H,3,7-8H2,1-2H3. The first-order chi connectivity index (χ1) is 8.22. The van der Waals surface area contributed by atoms with Crippen LogP contribution in [0.3, 0.4) is 0 Å². The van der Waals surface area contributed by atoms with Crippen LogP contribution < -0.4 is 0 Å². The Hall–Kier alpha value is -1.64. The summed E-state index contributed by atoms with van der Waals surface area (Å²) in [5.74, 6) is 1.60. The molecule has 4 heteroatoms. The Morgan fingerprint density at radius 1 is 1.53 bits per heavy atom. The Balaban J connectivity index is 2.63. The number of allylic oxidation sites excluding steroid dienone is 2. The van der Waals surface area contributed by atoms with Crippen LogP contribution in [-0.4, -0.2) is 31.7 Å². The summed E-state index contributed by atoms with van der Waals surface area (Å²) in [7, 11) is 1.53. The highest BCUT2D eigenvalue weighted by atomic mass is 16.5. The molecule has 92 valence electrons. The quantitative estimate of drug-likeness (QED) is 0.537. The van der Waals surface area contributed by atoms with E-state index in [1.54, 1.807) is 19.1 Å². The van der Waals surface area contributed by atoms with Gasteiger partial charge < -0.3 is 9.47 Å². The lowest BCUT2D eigenvalue weighted by molar-refractivity contribution is -0.143. The van der Waals surface area contributed by atoms with Crippen molar-refractivity contribution >= 4 is 11.9 Å². The second-order valence-corrected chi connectivity index (χ2v) is 3.58. The predicted molar refractivity (Wildman–Crippen MR) is 63.1 cm³/mol. The minimum atomic E-state index is -0.396. The number of carbonyl (C=O) groups excluding carboxylic acids is 2. The zero-order chi connectivity index (χ0) is 12.7. The molecule has 0 aromatic heterocycles. The Morgan fingerprint density at radius 2 is 2.29 bits per heavy atom. The molecule has 0 amide bonds. The molecular formula is C13H16O4. The average Bonchev–Trinajstić information content (AvgIpc) is 2.36. The highest BCUT2D eigenvalue weighted by Gasteiger charge is 2.21. The average molecular weight is 236 g/mol. The number of hydrogen-bond donors (Lipinski definition) is 0. The largest absolute Gasteiger partial charge is 0.466 e. The van der Waals surface area contributed by atoms with Gasteiger partial charge in [0.05, 0.1) is 12.2 Å². The van der Waals surface area contributed by atoms with E-state index in [0.717, 1.165) is 5.57 Å². The van der Waals surface area contributed by atoms with Crippen LogP contribution in [0, 0.1) is 0 Å². The number of ether oxygens (including phenoxy) is 2. The molecule has 1 unspecified atom stereocenters. The van der Waals surface area contributed by atoms with Crippen molar-refractivity contribution in [3.05, 3.63) is 29.4 Å². The van der Waals surface area contributed by atoms with Crippen LogP contribution >= 0.6 is 0 Å². The van der Waals surface area contributed by atoms with Gasteiger partial charge in [-0.2, -0.15) is 0 Å². The van der Waals surface area contributed by atoms with Crippen molar-refractivity contribution in [3.8, 4) is 0 Å². The van der Waals surface area contributed by atoms with Crippen LogP contribution in [0.15, 0.2) is 29.4 Å². The Labute approximate surface area is 101 Å². The Bertz CT molecular complexity index is 386. The van der Waals surface area contributed by atoms with Crippen LogP contribution in [-0.2, 0) is 19.1 Å². The number of esters is 1. The first-order valence-electron chi connectivity index (χ1n) is 5.53. The molecule has 0 spiro atoms. The number of hydrogen-bond acceptors (Lipinski definition) is 4. The molecule has 17 heavy (non-hydrogen) atoms. The summed E-state index contributed by atoms with van der Waals surface area (Å²) < 4.78 is 10.1. The molecule has 4 nitrogen and oxygen atoms in total. The monoisotopic (exact) mass is 236 g/mol. The molecule has 0 fully saturated rings. The van der Waals surface area contributed by atoms with Crippen LogP contribution in [0.1, 0.15) is 19.8 Å². The smallest absolute Gasteiger partial charge is 0.306 e. The first-order valence-corrected chi connectivity index (χ1v) is 5.53. The van der Waals surface area contributed by atoms with Gasteiger partial charge in [-0.1, -0.05) is 12.2 Å². The van der Waals surface area contributed by atoms with Crippen molar-refractivity contribution in [1.82, 2.24) is 0 Å². The van der Waals surface area contributed by atoms with Crippen molar-refractivity contribution in [2.24, 2.45) is 0 Å². The Kier molecular flexibility index (Phi) is 5.40. The summed E-state index contributed by atoms with van der Waals surface area (Å²) in [6.45, 7) is 2.15. The van der Waals surface area contributed by atoms with Crippen molar-refractivity contribution < 1.29 is 19.1 Å². The molecule has 1 rings (SSSR count). The van der Waals surface area contributed by atoms with Crippen molar-refractivity contribution in [1.29, 1.82) is 0 Å². The molecule has 0 bridgehead atoms. The summed E-state index contributed by atoms with van der Waals surface area (Å²) in [5.41, 5.74) is 1.34. The number of carbonyl (C=O) groups is 1. The lowest BCUT2D eigenvalue weighted by Gasteiger charge is -2.20. The fraction of sp³-hybridized carbons (Fsp3) is 0.462. The van der Waals surface area contributed by atoms with E-state index >= 15 is 0 Å². The SMILES string of the molecule is CCOC(=O)CCC1=CC=CC(=C=O)C1OC. The molecule has 1 atom stereocenters. The van der Waals surface area contributed by atoms with Gasteiger partial charge in [-0.15, -0.1) is 0 Å². The molecule has 0 aliphatic heterocycles. The van der Waals surface area contributed by atoms with Crippen LogP contribution in [0.4, 0.5) is 0 Å². The van der Waals surface area contributed by atoms with E-state index < -0.39 is 6.10 Å². The minimum Gasteiger partial charge on any atom is -0.466 e. The van der Waals surface area contributed by atoms with Gasteiger partial charge in [0, 0.05) is 13.5 Å². The maximum atomic E-state index is 11.2. The molecule has 0 aromatic carbocycles. The molecule has 0 aromatic rings. The van der Waals surface area contributed by atoms with E-state index in [0.29, 0.717) is 25.0 Å². The van der Waals surface area contributed by atoms with E-state index in [9.17, 15) is 9.59 Å². The fourth-order valence-electron chi connectivity index (χ4n) is 1.71. The molecule has 0 radical (unpaired) electrons. The van der Waals surface area contributed by atoms with Gasteiger partial charge in [-0.3, -0.25) is 4.79 Å². The normalized spacial score (nSPS) is 18.6. The van der Waals surface area contributed by atoms with Crippen LogP contribution in [0.5, 0.6) is 0 Å². The zero-order valence-electron chi connectivity index (χ0n) is 10.1. The van der Waals surface area contributed by atoms with Crippen molar-refractivity contribution in [2.45, 2.75) is 25.9 Å². The van der Waals surface area contributed by atoms with Gasteiger partial charge in [0.1, 0.15) is 12.0 Å². The van der Waals surface area contributed by atoms with Gasteiger partial charge in [0.15, 0.2) is 0 Å². The van der Waals surface area contributed by atoms with Gasteiger partial charge >= 0.3 is 5.97 Å². The molecule has 1 aliphatic carbocycles. The fourth-order valence-corrected chi connectivity index (χ4v) is 1.71. The van der Waals surface area contributed by atoms with Gasteiger partial charge in [0.2, 0.25) is 0 Å². The minimum absolute atomic E-state index is 0.241. The summed E-state index contributed by atoms with van der Waals surface area (Å²) in [4.78, 5) is 21.9. The second kappa shape index (κ2) is 6.84. The zero-order valence-corrected chi connectivity index (χ0v) is 10.1. The van der Waals surface area contributed by atoms with E-state index in [2.05, 4.69) is 0 Å². The number of methoxy groups -OCH3 is 1. The summed E-state index contributed by atoms with van der Waals surface area (Å²) in [6, 6.07) is 0. The van der Waals surface area contributed by atoms with Crippen molar-refractivity contribution in [2.75, 3.05) is 13.7 Å². The molecule has 0 saturated heterocycles. The van der Waals surface area contributed by atoms with Gasteiger partial charge in [0.25, 0.3) is 0 Å². The highest BCUT2D eigenvalue weighted by molar-refractivity contribution is 5.70. The first kappa shape index (κ1) is 13.4. The van der Waals surface area contributed by atoms with E-state index in [1.807, 2.05) is 12.0 Å². The topological polar surface area (TPSA) is 52.6 Å². The third-order valence-electron chi connectivity index (χ3n) is 2.48. The lowest BCUT2D eigenvalue weighted by atomic mass is 9.94. The molecular weight excluding hydrogens is 220 g/mol. The molecule has 1 aliphatic rings. The highest BCUT2D eigenvalue weighted by Crippen LogP contribution is 2.23. The molecule has 0 saturated carbocycles. The molecule has 0 N–H and O–H groups in total. The maximum absolute atomic E-state index is 11.2. The predicted octanol–water partition coefficient (Wildman–Crippen LogP) is 1.60. The molecule has 0 heterocycles. The second-order valence-electron chi connectivity index (χ2n) is 3.58. The third kappa shape index (κ3) is 3.70. The number of rotatable bonds is 5. The van der Waals surface area contributed by atoms with Gasteiger partial charge in [-0.05, 0) is 25.0 Å². The lowest BCUT2D eigenvalue weighted by Crippen LogP contribution is -2.19.